The van der Waals surface area contributed by atoms with Crippen LogP contribution in [-0.2, 0) is 14.4 Å². The molecule has 1 saturated heterocycles. The van der Waals surface area contributed by atoms with Crippen LogP contribution in [-0.4, -0.2) is 43.6 Å². The van der Waals surface area contributed by atoms with Crippen LogP contribution in [0.5, 0.6) is 17.2 Å². The monoisotopic (exact) mass is 571 g/mol. The van der Waals surface area contributed by atoms with Gasteiger partial charge in [0.1, 0.15) is 11.3 Å². The number of imide groups is 2. The molecule has 0 aromatic heterocycles. The molecule has 3 aromatic rings. The minimum atomic E-state index is -0.866. The van der Waals surface area contributed by atoms with Gasteiger partial charge in [0.2, 0.25) is 0 Å². The summed E-state index contributed by atoms with van der Waals surface area (Å²) in [6, 6.07) is 16.0. The van der Waals surface area contributed by atoms with E-state index in [-0.39, 0.29) is 23.8 Å². The van der Waals surface area contributed by atoms with Gasteiger partial charge in [-0.1, -0.05) is 31.2 Å². The maximum atomic E-state index is 13.4. The highest BCUT2D eigenvalue weighted by Crippen LogP contribution is 2.34. The zero-order valence-corrected chi connectivity index (χ0v) is 24.0. The summed E-state index contributed by atoms with van der Waals surface area (Å²) >= 11 is 0. The Kier molecular flexibility index (Phi) is 9.59. The summed E-state index contributed by atoms with van der Waals surface area (Å²) in [4.78, 5) is 51.9. The number of urea groups is 1. The van der Waals surface area contributed by atoms with Gasteiger partial charge in [0, 0.05) is 11.8 Å². The minimum absolute atomic E-state index is 0.197. The summed E-state index contributed by atoms with van der Waals surface area (Å²) in [6.45, 7) is 8.33. The molecule has 5 amide bonds. The van der Waals surface area contributed by atoms with E-state index in [4.69, 9.17) is 14.2 Å². The SMILES string of the molecule is CCCOc1ccc(N2C(=O)NC(=O)/C(=C\c3ccc(OCC(=O)Nc4cccc(C)c4C)cc3)C2=O)cc1OCC. The van der Waals surface area contributed by atoms with Crippen molar-refractivity contribution >= 4 is 41.2 Å². The number of barbiturate groups is 1. The van der Waals surface area contributed by atoms with Crippen LogP contribution in [0, 0.1) is 13.8 Å². The number of anilines is 2. The quantitative estimate of drug-likeness (QED) is 0.240. The standard InChI is InChI=1S/C32H33N3O7/c1-5-16-41-27-15-12-23(18-28(27)40-6-2)35-31(38)25(30(37)34-32(35)39)17-22-10-13-24(14-11-22)42-19-29(36)33-26-9-7-8-20(3)21(26)4/h7-15,17-18H,5-6,16,19H2,1-4H3,(H,33,36)(H,34,37,39)/b25-17+. The van der Waals surface area contributed by atoms with E-state index in [1.165, 1.54) is 12.1 Å². The molecule has 4 rings (SSSR count). The molecule has 0 bridgehead atoms. The number of nitrogens with one attached hydrogen (secondary N) is 2. The van der Waals surface area contributed by atoms with Crippen molar-refractivity contribution in [3.05, 3.63) is 82.9 Å². The Hall–Kier alpha value is -5.12. The normalized spacial score (nSPS) is 14.0. The third-order valence-electron chi connectivity index (χ3n) is 6.49. The Morgan fingerprint density at radius 3 is 2.40 bits per heavy atom. The molecule has 1 fully saturated rings. The Morgan fingerprint density at radius 1 is 0.929 bits per heavy atom. The number of hydrogen-bond donors (Lipinski definition) is 2. The highest BCUT2D eigenvalue weighted by Gasteiger charge is 2.37. The number of aryl methyl sites for hydroxylation is 1. The number of ether oxygens (including phenoxy) is 3. The second kappa shape index (κ2) is 13.5. The predicted molar refractivity (Wildman–Crippen MR) is 159 cm³/mol. The Labute approximate surface area is 244 Å². The number of benzene rings is 3. The van der Waals surface area contributed by atoms with Crippen LogP contribution in [0.3, 0.4) is 0 Å². The van der Waals surface area contributed by atoms with Crippen molar-refractivity contribution in [2.45, 2.75) is 34.1 Å². The Balaban J connectivity index is 1.46. The van der Waals surface area contributed by atoms with Gasteiger partial charge in [-0.2, -0.15) is 0 Å². The lowest BCUT2D eigenvalue weighted by molar-refractivity contribution is -0.122. The Bertz CT molecular complexity index is 1530. The van der Waals surface area contributed by atoms with Crippen molar-refractivity contribution in [2.24, 2.45) is 0 Å². The number of rotatable bonds is 11. The lowest BCUT2D eigenvalue weighted by Gasteiger charge is -2.27. The molecule has 2 N–H and O–H groups in total. The van der Waals surface area contributed by atoms with Crippen molar-refractivity contribution in [1.82, 2.24) is 5.32 Å². The molecule has 10 heteroatoms. The second-order valence-corrected chi connectivity index (χ2v) is 9.52. The van der Waals surface area contributed by atoms with Crippen molar-refractivity contribution in [3.63, 3.8) is 0 Å². The van der Waals surface area contributed by atoms with Crippen molar-refractivity contribution in [1.29, 1.82) is 0 Å². The molecule has 0 unspecified atom stereocenters. The van der Waals surface area contributed by atoms with Crippen LogP contribution in [0.25, 0.3) is 6.08 Å². The first-order valence-corrected chi connectivity index (χ1v) is 13.6. The van der Waals surface area contributed by atoms with Gasteiger partial charge in [-0.15, -0.1) is 0 Å². The van der Waals surface area contributed by atoms with Crippen LogP contribution in [0.1, 0.15) is 37.0 Å². The first-order valence-electron chi connectivity index (χ1n) is 13.6. The van der Waals surface area contributed by atoms with Gasteiger partial charge in [-0.3, -0.25) is 19.7 Å². The molecule has 0 saturated carbocycles. The summed E-state index contributed by atoms with van der Waals surface area (Å²) in [6.07, 6.45) is 2.18. The Morgan fingerprint density at radius 2 is 1.69 bits per heavy atom. The zero-order valence-electron chi connectivity index (χ0n) is 24.0. The molecular formula is C32H33N3O7. The number of nitrogens with zero attached hydrogens (tertiary/aromatic N) is 1. The smallest absolute Gasteiger partial charge is 0.335 e. The second-order valence-electron chi connectivity index (χ2n) is 9.52. The van der Waals surface area contributed by atoms with Crippen molar-refractivity contribution in [3.8, 4) is 17.2 Å². The van der Waals surface area contributed by atoms with E-state index in [2.05, 4.69) is 10.6 Å². The van der Waals surface area contributed by atoms with Gasteiger partial charge in [0.15, 0.2) is 18.1 Å². The molecule has 0 atom stereocenters. The number of amides is 5. The maximum Gasteiger partial charge on any atom is 0.335 e. The maximum absolute atomic E-state index is 13.4. The van der Waals surface area contributed by atoms with E-state index in [0.29, 0.717) is 36.0 Å². The third kappa shape index (κ3) is 6.95. The van der Waals surface area contributed by atoms with Crippen molar-refractivity contribution < 1.29 is 33.4 Å². The van der Waals surface area contributed by atoms with E-state index in [0.717, 1.165) is 28.1 Å². The van der Waals surface area contributed by atoms with Gasteiger partial charge in [0.25, 0.3) is 17.7 Å². The first kappa shape index (κ1) is 29.9. The summed E-state index contributed by atoms with van der Waals surface area (Å²) in [5.41, 5.74) is 3.31. The molecule has 0 radical (unpaired) electrons. The van der Waals surface area contributed by atoms with E-state index in [9.17, 15) is 19.2 Å². The van der Waals surface area contributed by atoms with Crippen LogP contribution < -0.4 is 29.7 Å². The highest BCUT2D eigenvalue weighted by atomic mass is 16.5. The van der Waals surface area contributed by atoms with Crippen molar-refractivity contribution in [2.75, 3.05) is 30.0 Å². The molecule has 42 heavy (non-hydrogen) atoms. The van der Waals surface area contributed by atoms with E-state index < -0.39 is 17.8 Å². The largest absolute Gasteiger partial charge is 0.490 e. The fraction of sp³-hybridized carbons (Fsp3) is 0.250. The van der Waals surface area contributed by atoms with Gasteiger partial charge in [-0.25, -0.2) is 9.69 Å². The molecule has 1 aliphatic heterocycles. The third-order valence-corrected chi connectivity index (χ3v) is 6.49. The lowest BCUT2D eigenvalue weighted by Crippen LogP contribution is -2.54. The lowest BCUT2D eigenvalue weighted by atomic mass is 10.1. The molecule has 0 spiro atoms. The topological polar surface area (TPSA) is 123 Å². The summed E-state index contributed by atoms with van der Waals surface area (Å²) in [5.74, 6) is -0.594. The number of carbonyl (C=O) groups is 4. The minimum Gasteiger partial charge on any atom is -0.490 e. The summed E-state index contributed by atoms with van der Waals surface area (Å²) in [5, 5.41) is 5.06. The van der Waals surface area contributed by atoms with E-state index in [1.807, 2.05) is 45.9 Å². The fourth-order valence-electron chi connectivity index (χ4n) is 4.18. The molecule has 10 nitrogen and oxygen atoms in total. The van der Waals surface area contributed by atoms with E-state index in [1.54, 1.807) is 36.4 Å². The molecule has 1 heterocycles. The summed E-state index contributed by atoms with van der Waals surface area (Å²) in [7, 11) is 0. The first-order chi connectivity index (χ1) is 20.2. The molecule has 1 aliphatic rings. The fourth-order valence-corrected chi connectivity index (χ4v) is 4.18. The molecule has 0 aliphatic carbocycles. The van der Waals surface area contributed by atoms with Gasteiger partial charge >= 0.3 is 6.03 Å². The van der Waals surface area contributed by atoms with Crippen LogP contribution in [0.4, 0.5) is 16.2 Å². The van der Waals surface area contributed by atoms with Crippen LogP contribution >= 0.6 is 0 Å². The number of hydrogen-bond acceptors (Lipinski definition) is 7. The van der Waals surface area contributed by atoms with Gasteiger partial charge < -0.3 is 19.5 Å². The van der Waals surface area contributed by atoms with Gasteiger partial charge in [-0.05, 0) is 80.3 Å². The molecule has 3 aromatic carbocycles. The van der Waals surface area contributed by atoms with Gasteiger partial charge in [0.05, 0.1) is 18.9 Å². The van der Waals surface area contributed by atoms with Crippen LogP contribution in [0.15, 0.2) is 66.2 Å². The van der Waals surface area contributed by atoms with Crippen LogP contribution in [0.2, 0.25) is 0 Å². The number of carbonyl (C=O) groups excluding carboxylic acids is 4. The average Bonchev–Trinajstić information content (AvgIpc) is 2.97. The summed E-state index contributed by atoms with van der Waals surface area (Å²) < 4.78 is 17.0. The van der Waals surface area contributed by atoms with E-state index >= 15 is 0 Å². The molecule has 218 valence electrons. The average molecular weight is 572 g/mol. The molecular weight excluding hydrogens is 538 g/mol. The zero-order chi connectivity index (χ0) is 30.2. The predicted octanol–water partition coefficient (Wildman–Crippen LogP) is 5.17. The highest BCUT2D eigenvalue weighted by molar-refractivity contribution is 6.39.